The number of nitro benzene ring substituents is 1. The summed E-state index contributed by atoms with van der Waals surface area (Å²) in [6, 6.07) is 7.63. The van der Waals surface area contributed by atoms with Crippen LogP contribution in [0.15, 0.2) is 30.3 Å². The van der Waals surface area contributed by atoms with Gasteiger partial charge >= 0.3 is 0 Å². The molecule has 0 saturated heterocycles. The number of fused-ring (bicyclic) bond motifs is 1. The second-order valence-electron chi connectivity index (χ2n) is 7.31. The van der Waals surface area contributed by atoms with Gasteiger partial charge in [0.1, 0.15) is 18.8 Å². The normalized spacial score (nSPS) is 13.5. The van der Waals surface area contributed by atoms with Crippen LogP contribution in [0.2, 0.25) is 0 Å². The van der Waals surface area contributed by atoms with Crippen LogP contribution in [0, 0.1) is 16.0 Å². The molecule has 0 bridgehead atoms. The molecule has 1 aliphatic rings. The van der Waals surface area contributed by atoms with Gasteiger partial charge in [-0.2, -0.15) is 0 Å². The Labute approximate surface area is 180 Å². The van der Waals surface area contributed by atoms with Crippen LogP contribution in [-0.4, -0.2) is 37.8 Å². The van der Waals surface area contributed by atoms with Crippen LogP contribution in [0.1, 0.15) is 42.7 Å². The van der Waals surface area contributed by atoms with Crippen molar-refractivity contribution in [1.29, 1.82) is 0 Å². The van der Waals surface area contributed by atoms with Gasteiger partial charge in [-0.3, -0.25) is 14.9 Å². The maximum Gasteiger partial charge on any atom is 0.286 e. The second-order valence-corrected chi connectivity index (χ2v) is 7.31. The first-order chi connectivity index (χ1) is 14.8. The van der Waals surface area contributed by atoms with Gasteiger partial charge in [-0.1, -0.05) is 19.9 Å². The third kappa shape index (κ3) is 4.82. The van der Waals surface area contributed by atoms with E-state index in [4.69, 9.17) is 18.9 Å². The van der Waals surface area contributed by atoms with Gasteiger partial charge < -0.3 is 24.3 Å². The van der Waals surface area contributed by atoms with Crippen LogP contribution in [0.25, 0.3) is 0 Å². The lowest BCUT2D eigenvalue weighted by Gasteiger charge is -2.25. The summed E-state index contributed by atoms with van der Waals surface area (Å²) >= 11 is 0. The zero-order valence-electron chi connectivity index (χ0n) is 18.0. The molecule has 0 saturated carbocycles. The summed E-state index contributed by atoms with van der Waals surface area (Å²) in [6.07, 6.45) is 0. The lowest BCUT2D eigenvalue weighted by molar-refractivity contribution is -0.385. The number of carbonyl (C=O) groups excluding carboxylic acids is 1. The monoisotopic (exact) mass is 430 g/mol. The molecule has 0 radical (unpaired) electrons. The van der Waals surface area contributed by atoms with Crippen molar-refractivity contribution in [2.75, 3.05) is 26.9 Å². The van der Waals surface area contributed by atoms with E-state index in [1.807, 2.05) is 26.0 Å². The number of benzene rings is 2. The van der Waals surface area contributed by atoms with E-state index in [1.54, 1.807) is 13.0 Å². The lowest BCUT2D eigenvalue weighted by atomic mass is 9.95. The third-order valence-corrected chi connectivity index (χ3v) is 4.90. The number of rotatable bonds is 8. The Balaban J connectivity index is 1.95. The van der Waals surface area contributed by atoms with Crippen molar-refractivity contribution >= 4 is 11.6 Å². The molecule has 3 rings (SSSR count). The number of nitrogens with one attached hydrogen (secondary N) is 1. The Kier molecular flexibility index (Phi) is 6.84. The van der Waals surface area contributed by atoms with E-state index in [-0.39, 0.29) is 28.7 Å². The van der Waals surface area contributed by atoms with Crippen molar-refractivity contribution in [2.45, 2.75) is 26.8 Å². The summed E-state index contributed by atoms with van der Waals surface area (Å²) in [5.41, 5.74) is 0.355. The minimum atomic E-state index is -0.610. The number of hydrogen-bond donors (Lipinski definition) is 1. The molecular weight excluding hydrogens is 404 g/mol. The molecule has 9 heteroatoms. The fourth-order valence-electron chi connectivity index (χ4n) is 3.42. The average Bonchev–Trinajstić information content (AvgIpc) is 2.76. The van der Waals surface area contributed by atoms with Gasteiger partial charge in [-0.15, -0.1) is 0 Å². The molecule has 1 aliphatic heterocycles. The van der Waals surface area contributed by atoms with Gasteiger partial charge in [0.2, 0.25) is 0 Å². The van der Waals surface area contributed by atoms with Gasteiger partial charge in [0.15, 0.2) is 23.0 Å². The van der Waals surface area contributed by atoms with Gasteiger partial charge in [-0.05, 0) is 30.5 Å². The molecule has 1 amide bonds. The molecule has 0 aromatic heterocycles. The molecule has 2 aromatic carbocycles. The first kappa shape index (κ1) is 22.2. The summed E-state index contributed by atoms with van der Waals surface area (Å²) < 4.78 is 21.9. The van der Waals surface area contributed by atoms with Crippen LogP contribution in [-0.2, 0) is 0 Å². The molecule has 1 unspecified atom stereocenters. The molecule has 2 aromatic rings. The van der Waals surface area contributed by atoms with Crippen LogP contribution in [0.4, 0.5) is 5.69 Å². The molecule has 1 N–H and O–H groups in total. The SMILES string of the molecule is CCOc1cc(C(=O)NC(c2ccc3c(c2)OCCO3)C(C)C)c([N+](=O)[O-])cc1OC. The number of nitrogens with zero attached hydrogens (tertiary/aromatic N) is 1. The molecule has 0 fully saturated rings. The Bertz CT molecular complexity index is 975. The van der Waals surface area contributed by atoms with Crippen molar-refractivity contribution in [3.8, 4) is 23.0 Å². The fourth-order valence-corrected chi connectivity index (χ4v) is 3.42. The molecule has 1 atom stereocenters. The van der Waals surface area contributed by atoms with Crippen molar-refractivity contribution in [3.05, 3.63) is 51.6 Å². The van der Waals surface area contributed by atoms with E-state index in [0.717, 1.165) is 5.56 Å². The number of methoxy groups -OCH3 is 1. The number of ether oxygens (including phenoxy) is 4. The summed E-state index contributed by atoms with van der Waals surface area (Å²) in [5, 5.41) is 14.5. The Morgan fingerprint density at radius 2 is 1.87 bits per heavy atom. The van der Waals surface area contributed by atoms with E-state index < -0.39 is 16.9 Å². The molecule has 166 valence electrons. The van der Waals surface area contributed by atoms with Gasteiger partial charge in [0.25, 0.3) is 11.6 Å². The zero-order chi connectivity index (χ0) is 22.5. The number of hydrogen-bond acceptors (Lipinski definition) is 7. The zero-order valence-corrected chi connectivity index (χ0v) is 18.0. The highest BCUT2D eigenvalue weighted by molar-refractivity contribution is 5.99. The Hall–Kier alpha value is -3.49. The van der Waals surface area contributed by atoms with E-state index in [1.165, 1.54) is 19.2 Å². The van der Waals surface area contributed by atoms with Crippen LogP contribution < -0.4 is 24.3 Å². The van der Waals surface area contributed by atoms with Crippen molar-refractivity contribution < 1.29 is 28.7 Å². The quantitative estimate of drug-likeness (QED) is 0.500. The number of carbonyl (C=O) groups is 1. The smallest absolute Gasteiger partial charge is 0.286 e. The second kappa shape index (κ2) is 9.55. The third-order valence-electron chi connectivity index (χ3n) is 4.90. The maximum absolute atomic E-state index is 13.1. The predicted molar refractivity (Wildman–Crippen MR) is 113 cm³/mol. The minimum Gasteiger partial charge on any atom is -0.493 e. The summed E-state index contributed by atoms with van der Waals surface area (Å²) in [4.78, 5) is 24.1. The van der Waals surface area contributed by atoms with E-state index in [9.17, 15) is 14.9 Å². The van der Waals surface area contributed by atoms with Gasteiger partial charge in [0, 0.05) is 6.07 Å². The van der Waals surface area contributed by atoms with Crippen molar-refractivity contribution in [3.63, 3.8) is 0 Å². The predicted octanol–water partition coefficient (Wildman–Crippen LogP) is 3.90. The van der Waals surface area contributed by atoms with Crippen molar-refractivity contribution in [1.82, 2.24) is 5.32 Å². The van der Waals surface area contributed by atoms with E-state index in [2.05, 4.69) is 5.32 Å². The fraction of sp³-hybridized carbons (Fsp3) is 0.409. The van der Waals surface area contributed by atoms with E-state index >= 15 is 0 Å². The average molecular weight is 430 g/mol. The highest BCUT2D eigenvalue weighted by Gasteiger charge is 2.28. The first-order valence-electron chi connectivity index (χ1n) is 10.0. The van der Waals surface area contributed by atoms with Crippen LogP contribution >= 0.6 is 0 Å². The van der Waals surface area contributed by atoms with Crippen molar-refractivity contribution in [2.24, 2.45) is 5.92 Å². The topological polar surface area (TPSA) is 109 Å². The molecule has 9 nitrogen and oxygen atoms in total. The lowest BCUT2D eigenvalue weighted by Crippen LogP contribution is -2.32. The van der Waals surface area contributed by atoms with Crippen LogP contribution in [0.3, 0.4) is 0 Å². The highest BCUT2D eigenvalue weighted by Crippen LogP contribution is 2.37. The summed E-state index contributed by atoms with van der Waals surface area (Å²) in [6.45, 7) is 6.94. The highest BCUT2D eigenvalue weighted by atomic mass is 16.6. The molecule has 1 heterocycles. The molecule has 0 spiro atoms. The minimum absolute atomic E-state index is 0.00942. The Morgan fingerprint density at radius 3 is 2.48 bits per heavy atom. The van der Waals surface area contributed by atoms with Gasteiger partial charge in [-0.25, -0.2) is 0 Å². The van der Waals surface area contributed by atoms with E-state index in [0.29, 0.717) is 31.3 Å². The molecule has 31 heavy (non-hydrogen) atoms. The Morgan fingerprint density at radius 1 is 1.16 bits per heavy atom. The molecule has 0 aliphatic carbocycles. The summed E-state index contributed by atoms with van der Waals surface area (Å²) in [5.74, 6) is 1.14. The summed E-state index contributed by atoms with van der Waals surface area (Å²) in [7, 11) is 1.39. The van der Waals surface area contributed by atoms with Gasteiger partial charge in [0.05, 0.1) is 30.7 Å². The first-order valence-corrected chi connectivity index (χ1v) is 10.0. The standard InChI is InChI=1S/C22H26N2O7/c1-5-29-20-11-15(16(24(26)27)12-18(20)28-4)22(25)23-21(13(2)3)14-6-7-17-19(10-14)31-9-8-30-17/h6-7,10-13,21H,5,8-9H2,1-4H3,(H,23,25). The number of nitro groups is 1. The van der Waals surface area contributed by atoms with Crippen LogP contribution in [0.5, 0.6) is 23.0 Å². The maximum atomic E-state index is 13.1. The molecular formula is C22H26N2O7. The number of amides is 1. The largest absolute Gasteiger partial charge is 0.493 e.